The standard InChI is InChI=1S/C22H34N6/c1-3-23-22(24-13-9-10-19-16-26-27(2)18-19)25-17-21(28-14-7-8-15-28)20-11-5-4-6-12-20/h4-6,11-12,16,18,21H,3,7-10,13-15,17H2,1-2H3,(H2,23,24,25). The molecular weight excluding hydrogens is 348 g/mol. The van der Waals surface area contributed by atoms with Gasteiger partial charge in [0.15, 0.2) is 5.96 Å². The van der Waals surface area contributed by atoms with Gasteiger partial charge in [0, 0.05) is 26.3 Å². The first-order valence-electron chi connectivity index (χ1n) is 10.5. The van der Waals surface area contributed by atoms with Crippen LogP contribution in [0, 0.1) is 0 Å². The third-order valence-corrected chi connectivity index (χ3v) is 5.23. The van der Waals surface area contributed by atoms with E-state index in [0.29, 0.717) is 6.04 Å². The highest BCUT2D eigenvalue weighted by atomic mass is 15.2. The molecule has 3 rings (SSSR count). The summed E-state index contributed by atoms with van der Waals surface area (Å²) in [5.41, 5.74) is 2.64. The Hall–Kier alpha value is -2.34. The highest BCUT2D eigenvalue weighted by molar-refractivity contribution is 5.79. The zero-order valence-electron chi connectivity index (χ0n) is 17.3. The minimum atomic E-state index is 0.356. The molecule has 2 aromatic rings. The maximum Gasteiger partial charge on any atom is 0.191 e. The monoisotopic (exact) mass is 382 g/mol. The van der Waals surface area contributed by atoms with E-state index in [1.54, 1.807) is 0 Å². The van der Waals surface area contributed by atoms with Gasteiger partial charge in [0.2, 0.25) is 0 Å². The lowest BCUT2D eigenvalue weighted by Crippen LogP contribution is -2.39. The number of nitrogens with zero attached hydrogens (tertiary/aromatic N) is 4. The average molecular weight is 383 g/mol. The summed E-state index contributed by atoms with van der Waals surface area (Å²) in [4.78, 5) is 7.49. The van der Waals surface area contributed by atoms with Gasteiger partial charge in [0.25, 0.3) is 0 Å². The molecule has 28 heavy (non-hydrogen) atoms. The van der Waals surface area contributed by atoms with Crippen LogP contribution >= 0.6 is 0 Å². The Morgan fingerprint density at radius 1 is 1.18 bits per heavy atom. The molecule has 0 amide bonds. The van der Waals surface area contributed by atoms with Crippen molar-refractivity contribution in [1.82, 2.24) is 25.3 Å². The van der Waals surface area contributed by atoms with Gasteiger partial charge >= 0.3 is 0 Å². The number of likely N-dealkylation sites (tertiary alicyclic amines) is 1. The zero-order valence-corrected chi connectivity index (χ0v) is 17.3. The molecule has 1 unspecified atom stereocenters. The molecule has 1 aromatic carbocycles. The molecule has 0 saturated carbocycles. The molecule has 6 nitrogen and oxygen atoms in total. The van der Waals surface area contributed by atoms with E-state index in [0.717, 1.165) is 38.4 Å². The van der Waals surface area contributed by atoms with Gasteiger partial charge in [0.1, 0.15) is 0 Å². The minimum Gasteiger partial charge on any atom is -0.357 e. The summed E-state index contributed by atoms with van der Waals surface area (Å²) in [6.07, 6.45) is 8.70. The van der Waals surface area contributed by atoms with Crippen molar-refractivity contribution in [2.45, 2.75) is 38.6 Å². The Balaban J connectivity index is 1.56. The normalized spacial score (nSPS) is 16.3. The summed E-state index contributed by atoms with van der Waals surface area (Å²) in [5.74, 6) is 0.911. The van der Waals surface area contributed by atoms with Crippen LogP contribution in [0.5, 0.6) is 0 Å². The van der Waals surface area contributed by atoms with Gasteiger partial charge in [-0.25, -0.2) is 0 Å². The van der Waals surface area contributed by atoms with E-state index in [-0.39, 0.29) is 0 Å². The van der Waals surface area contributed by atoms with Crippen molar-refractivity contribution < 1.29 is 0 Å². The second-order valence-electron chi connectivity index (χ2n) is 7.44. The van der Waals surface area contributed by atoms with Gasteiger partial charge < -0.3 is 10.6 Å². The first-order chi connectivity index (χ1) is 13.8. The molecule has 1 aliphatic rings. The van der Waals surface area contributed by atoms with Gasteiger partial charge in [0.05, 0.1) is 18.8 Å². The second-order valence-corrected chi connectivity index (χ2v) is 7.44. The lowest BCUT2D eigenvalue weighted by atomic mass is 10.1. The van der Waals surface area contributed by atoms with Crippen molar-refractivity contribution in [3.63, 3.8) is 0 Å². The van der Waals surface area contributed by atoms with Crippen molar-refractivity contribution in [1.29, 1.82) is 0 Å². The topological polar surface area (TPSA) is 57.5 Å². The fourth-order valence-electron chi connectivity index (χ4n) is 3.78. The molecule has 1 atom stereocenters. The van der Waals surface area contributed by atoms with Crippen LogP contribution in [0.15, 0.2) is 47.7 Å². The number of aliphatic imine (C=N–C) groups is 1. The third kappa shape index (κ3) is 6.09. The number of aryl methyl sites for hydroxylation is 2. The van der Waals surface area contributed by atoms with E-state index < -0.39 is 0 Å². The molecule has 1 fully saturated rings. The van der Waals surface area contributed by atoms with E-state index in [4.69, 9.17) is 4.99 Å². The quantitative estimate of drug-likeness (QED) is 0.398. The molecule has 0 spiro atoms. The van der Waals surface area contributed by atoms with E-state index in [1.807, 2.05) is 17.9 Å². The Bertz CT molecular complexity index is 718. The Morgan fingerprint density at radius 3 is 2.64 bits per heavy atom. The summed E-state index contributed by atoms with van der Waals surface area (Å²) >= 11 is 0. The molecule has 0 aliphatic carbocycles. The molecule has 152 valence electrons. The fraction of sp³-hybridized carbons (Fsp3) is 0.545. The summed E-state index contributed by atoms with van der Waals surface area (Å²) in [6, 6.07) is 11.2. The van der Waals surface area contributed by atoms with Gasteiger partial charge in [-0.1, -0.05) is 30.3 Å². The molecule has 1 aliphatic heterocycles. The summed E-state index contributed by atoms with van der Waals surface area (Å²) in [6.45, 7) is 7.01. The first-order valence-corrected chi connectivity index (χ1v) is 10.5. The second kappa shape index (κ2) is 10.9. The summed E-state index contributed by atoms with van der Waals surface area (Å²) in [7, 11) is 1.96. The molecule has 1 saturated heterocycles. The van der Waals surface area contributed by atoms with Gasteiger partial charge in [-0.3, -0.25) is 14.6 Å². The molecule has 6 heteroatoms. The van der Waals surface area contributed by atoms with Gasteiger partial charge in [-0.2, -0.15) is 5.10 Å². The lowest BCUT2D eigenvalue weighted by Gasteiger charge is -2.27. The zero-order chi connectivity index (χ0) is 19.6. The van der Waals surface area contributed by atoms with Crippen molar-refractivity contribution in [3.05, 3.63) is 53.9 Å². The number of rotatable bonds is 9. The fourth-order valence-corrected chi connectivity index (χ4v) is 3.78. The van der Waals surface area contributed by atoms with Crippen LogP contribution in [0.4, 0.5) is 0 Å². The number of guanidine groups is 1. The molecular formula is C22H34N6. The van der Waals surface area contributed by atoms with Crippen LogP contribution in [-0.2, 0) is 13.5 Å². The van der Waals surface area contributed by atoms with Gasteiger partial charge in [-0.05, 0) is 56.8 Å². The van der Waals surface area contributed by atoms with Crippen molar-refractivity contribution >= 4 is 5.96 Å². The third-order valence-electron chi connectivity index (χ3n) is 5.23. The smallest absolute Gasteiger partial charge is 0.191 e. The van der Waals surface area contributed by atoms with Crippen LogP contribution in [0.2, 0.25) is 0 Å². The molecule has 2 heterocycles. The highest BCUT2D eigenvalue weighted by Gasteiger charge is 2.23. The Kier molecular flexibility index (Phi) is 7.91. The largest absolute Gasteiger partial charge is 0.357 e. The summed E-state index contributed by atoms with van der Waals surface area (Å²) < 4.78 is 1.86. The SMILES string of the molecule is CCNC(=NCC(c1ccccc1)N1CCCC1)NCCCc1cnn(C)c1. The first kappa shape index (κ1) is 20.4. The van der Waals surface area contributed by atoms with E-state index in [9.17, 15) is 0 Å². The maximum atomic E-state index is 4.92. The predicted molar refractivity (Wildman–Crippen MR) is 116 cm³/mol. The number of hydrogen-bond donors (Lipinski definition) is 2. The Morgan fingerprint density at radius 2 is 1.96 bits per heavy atom. The molecule has 1 aromatic heterocycles. The maximum absolute atomic E-state index is 4.92. The summed E-state index contributed by atoms with van der Waals surface area (Å²) in [5, 5.41) is 11.1. The Labute approximate surface area is 169 Å². The number of benzene rings is 1. The van der Waals surface area contributed by atoms with E-state index >= 15 is 0 Å². The molecule has 0 radical (unpaired) electrons. The van der Waals surface area contributed by atoms with Crippen LogP contribution in [0.25, 0.3) is 0 Å². The van der Waals surface area contributed by atoms with Crippen molar-refractivity contribution in [3.8, 4) is 0 Å². The number of nitrogens with one attached hydrogen (secondary N) is 2. The van der Waals surface area contributed by atoms with Crippen molar-refractivity contribution in [2.75, 3.05) is 32.7 Å². The van der Waals surface area contributed by atoms with E-state index in [1.165, 1.54) is 37.1 Å². The predicted octanol–water partition coefficient (Wildman–Crippen LogP) is 2.74. The van der Waals surface area contributed by atoms with E-state index in [2.05, 4.69) is 64.1 Å². The van der Waals surface area contributed by atoms with Crippen LogP contribution in [0.3, 0.4) is 0 Å². The minimum absolute atomic E-state index is 0.356. The van der Waals surface area contributed by atoms with Crippen molar-refractivity contribution in [2.24, 2.45) is 12.0 Å². The van der Waals surface area contributed by atoms with Crippen LogP contribution in [0.1, 0.15) is 43.4 Å². The highest BCUT2D eigenvalue weighted by Crippen LogP contribution is 2.25. The number of hydrogen-bond acceptors (Lipinski definition) is 3. The van der Waals surface area contributed by atoms with Crippen LogP contribution < -0.4 is 10.6 Å². The number of aromatic nitrogens is 2. The average Bonchev–Trinajstić information content (AvgIpc) is 3.38. The lowest BCUT2D eigenvalue weighted by molar-refractivity contribution is 0.251. The van der Waals surface area contributed by atoms with Gasteiger partial charge in [-0.15, -0.1) is 0 Å². The molecule has 2 N–H and O–H groups in total. The van der Waals surface area contributed by atoms with Crippen LogP contribution in [-0.4, -0.2) is 53.4 Å². The molecule has 0 bridgehead atoms.